The maximum Gasteiger partial charge on any atom is 0.318 e. The Balaban J connectivity index is 0.000000162. The third-order valence-corrected chi connectivity index (χ3v) is 20.2. The number of ether oxygens (including phenoxy) is 5. The van der Waals surface area contributed by atoms with Gasteiger partial charge in [0.1, 0.15) is 34.9 Å². The van der Waals surface area contributed by atoms with Gasteiger partial charge >= 0.3 is 6.01 Å². The highest BCUT2D eigenvalue weighted by atomic mass is 16.5. The van der Waals surface area contributed by atoms with Crippen LogP contribution in [0, 0.1) is 11.8 Å². The van der Waals surface area contributed by atoms with Gasteiger partial charge in [0.05, 0.1) is 118 Å². The van der Waals surface area contributed by atoms with E-state index in [-0.39, 0.29) is 50.9 Å². The molecule has 13 rings (SSSR count). The molecule has 6 N–H and O–H groups in total. The molecule has 13 heterocycles. The Kier molecular flexibility index (Phi) is 30.8. The monoisotopic (exact) mass is 1560 g/mol. The summed E-state index contributed by atoms with van der Waals surface area (Å²) in [4.78, 5) is 84.1. The molecule has 2 amide bonds. The van der Waals surface area contributed by atoms with Crippen LogP contribution in [0.3, 0.4) is 0 Å². The Hall–Kier alpha value is -7.70. The zero-order valence-electron chi connectivity index (χ0n) is 72.2. The number of hydrogen-bond donors (Lipinski definition) is 6. The summed E-state index contributed by atoms with van der Waals surface area (Å²) in [6.07, 6.45) is 1.54. The fourth-order valence-corrected chi connectivity index (χ4v) is 12.5. The summed E-state index contributed by atoms with van der Waals surface area (Å²) < 4.78 is 26.5. The second-order valence-electron chi connectivity index (χ2n) is 36.9. The Morgan fingerprint density at radius 2 is 0.741 bits per heavy atom. The molecule has 0 aromatic carbocycles. The summed E-state index contributed by atoms with van der Waals surface area (Å²) in [6, 6.07) is 12.6. The third-order valence-electron chi connectivity index (χ3n) is 20.2. The van der Waals surface area contributed by atoms with Crippen LogP contribution in [0.2, 0.25) is 0 Å². The van der Waals surface area contributed by atoms with Crippen LogP contribution in [0.5, 0.6) is 6.01 Å². The van der Waals surface area contributed by atoms with E-state index in [1.807, 2.05) is 62.6 Å². The van der Waals surface area contributed by atoms with Crippen LogP contribution in [-0.4, -0.2) is 264 Å². The lowest BCUT2D eigenvalue weighted by atomic mass is 9.91. The van der Waals surface area contributed by atoms with Gasteiger partial charge in [0.25, 0.3) is 0 Å². The quantitative estimate of drug-likeness (QED) is 0.0422. The molecule has 8 fully saturated rings. The van der Waals surface area contributed by atoms with Crippen LogP contribution < -0.4 is 51.3 Å². The van der Waals surface area contributed by atoms with E-state index in [0.717, 1.165) is 239 Å². The van der Waals surface area contributed by atoms with Crippen LogP contribution in [0.15, 0.2) is 30.3 Å². The van der Waals surface area contributed by atoms with E-state index in [9.17, 15) is 9.59 Å². The standard InChI is InChI=1S/C19H31N5O2.C18H29N5O2.C17H30N6.C15H25N3O.C14H23N3O2/c1-13(2)17(25)23-6-8-24(9-7-23)18-21-15(19(3,4)5)10-16(22-18)20-14-11-26-12-14;1-5-16(24)22-6-8-23(9-7-22)17-20-14(18(2,3)4)10-15(21-17)19-13-11-25-12-13;1-5-22-6-8-23(9-7-22)16-20-14(17(2,3)4)10-15(21-16)19-13-11-18-12-13;1-10(2)6-13-17-12(15(3,4)5)7-14(18-13)16-11-8-19-9-11;1-9(2)19-13-16-11(14(3,4)5)6-12(17-13)15-10-7-18-8-10/h10,13-14H,6-9,11-12H2,1-5H3,(H,20,21,22);10,13H,5-9,11-12H2,1-4H3,(H,19,20,21);10,13,18H,5-9,11-12H2,1-4H3,(H,19,20,21);7,10-11H,6,8-9H2,1-5H3,(H,16,17,18);6,9-10H,7-8H2,1-5H3,(H,15,16,17). The number of carbonyl (C=O) groups excluding carboxylic acids is 2. The van der Waals surface area contributed by atoms with E-state index < -0.39 is 0 Å². The molecule has 8 saturated heterocycles. The maximum absolute atomic E-state index is 12.2. The van der Waals surface area contributed by atoms with Crippen molar-refractivity contribution in [3.63, 3.8) is 0 Å². The summed E-state index contributed by atoms with van der Waals surface area (Å²) in [5.74, 6) is 8.78. The number of aromatic nitrogens is 10. The summed E-state index contributed by atoms with van der Waals surface area (Å²) in [5.41, 5.74) is 5.14. The number of nitrogens with zero attached hydrogens (tertiary/aromatic N) is 16. The first-order valence-electron chi connectivity index (χ1n) is 41.3. The van der Waals surface area contributed by atoms with Gasteiger partial charge < -0.3 is 85.0 Å². The van der Waals surface area contributed by atoms with E-state index >= 15 is 0 Å². The number of anilines is 8. The second-order valence-corrected chi connectivity index (χ2v) is 36.9. The van der Waals surface area contributed by atoms with Gasteiger partial charge in [0.15, 0.2) is 0 Å². The van der Waals surface area contributed by atoms with E-state index in [1.54, 1.807) is 0 Å². The normalized spacial score (nSPS) is 18.4. The summed E-state index contributed by atoms with van der Waals surface area (Å²) in [7, 11) is 0. The lowest BCUT2D eigenvalue weighted by molar-refractivity contribution is -0.134. The molecule has 0 aliphatic carbocycles. The molecule has 5 aromatic heterocycles. The van der Waals surface area contributed by atoms with Crippen molar-refractivity contribution in [1.29, 1.82) is 0 Å². The zero-order valence-corrected chi connectivity index (χ0v) is 72.2. The molecule has 0 saturated carbocycles. The van der Waals surface area contributed by atoms with Crippen LogP contribution >= 0.6 is 0 Å². The fraction of sp³-hybridized carbons (Fsp3) is 0.735. The predicted molar refractivity (Wildman–Crippen MR) is 448 cm³/mol. The van der Waals surface area contributed by atoms with Gasteiger partial charge in [-0.3, -0.25) is 9.59 Å². The van der Waals surface area contributed by atoms with E-state index in [0.29, 0.717) is 48.6 Å². The zero-order chi connectivity index (χ0) is 81.5. The minimum Gasteiger partial charge on any atom is -0.461 e. The molecular formula is C83H138N22O7. The van der Waals surface area contributed by atoms with E-state index in [2.05, 4.69) is 203 Å². The van der Waals surface area contributed by atoms with Crippen LogP contribution in [0.1, 0.15) is 200 Å². The van der Waals surface area contributed by atoms with Crippen molar-refractivity contribution in [2.45, 2.75) is 235 Å². The molecule has 0 atom stereocenters. The number of hydrogen-bond acceptors (Lipinski definition) is 27. The fourth-order valence-electron chi connectivity index (χ4n) is 12.5. The molecule has 0 radical (unpaired) electrons. The first kappa shape index (κ1) is 88.3. The van der Waals surface area contributed by atoms with Crippen LogP contribution in [0.25, 0.3) is 0 Å². The number of piperazine rings is 3. The SMILES string of the molecule is CC(C)C(=O)N1CCN(c2nc(NC3COC3)cc(C(C)(C)C)n2)CC1.CC(C)Cc1nc(NC2COC2)cc(C(C)(C)C)n1.CC(C)Oc1nc(NC2COC2)cc(C(C)(C)C)n1.CCC(=O)N1CCN(c2nc(NC3COC3)cc(C(C)(C)C)n2)CC1.CCN1CCN(c2nc(NC3CNC3)cc(C(C)(C)C)n2)CC1. The van der Waals surface area contributed by atoms with Gasteiger partial charge in [0.2, 0.25) is 29.7 Å². The third kappa shape index (κ3) is 26.7. The molecule has 8 aliphatic rings. The lowest BCUT2D eigenvalue weighted by Gasteiger charge is -2.36. The number of nitrogens with one attached hydrogen (secondary N) is 6. The highest BCUT2D eigenvalue weighted by Gasteiger charge is 2.32. The Labute approximate surface area is 669 Å². The van der Waals surface area contributed by atoms with Crippen molar-refractivity contribution in [3.05, 3.63) is 64.6 Å². The van der Waals surface area contributed by atoms with Gasteiger partial charge in [-0.05, 0) is 26.3 Å². The summed E-state index contributed by atoms with van der Waals surface area (Å²) >= 11 is 0. The topological polar surface area (TPSA) is 301 Å². The van der Waals surface area contributed by atoms with Crippen molar-refractivity contribution in [1.82, 2.24) is 69.9 Å². The molecule has 622 valence electrons. The number of likely N-dealkylation sites (N-methyl/N-ethyl adjacent to an activating group) is 1. The van der Waals surface area contributed by atoms with E-state index in [4.69, 9.17) is 58.6 Å². The molecule has 0 unspecified atom stereocenters. The predicted octanol–water partition coefficient (Wildman–Crippen LogP) is 9.99. The molecule has 5 aromatic rings. The van der Waals surface area contributed by atoms with Crippen molar-refractivity contribution in [3.8, 4) is 6.01 Å². The molecular weight excluding hydrogens is 1420 g/mol. The molecule has 112 heavy (non-hydrogen) atoms. The average molecular weight is 1560 g/mol. The van der Waals surface area contributed by atoms with Crippen LogP contribution in [0.4, 0.5) is 46.9 Å². The first-order chi connectivity index (χ1) is 52.7. The number of amides is 2. The second kappa shape index (κ2) is 39.1. The van der Waals surface area contributed by atoms with Crippen molar-refractivity contribution >= 4 is 58.7 Å². The van der Waals surface area contributed by atoms with Gasteiger partial charge in [-0.2, -0.15) is 24.9 Å². The number of carbonyl (C=O) groups is 2. The maximum atomic E-state index is 12.2. The minimum atomic E-state index is -0.0559. The van der Waals surface area contributed by atoms with E-state index in [1.165, 1.54) is 0 Å². The number of rotatable bonds is 20. The minimum absolute atomic E-state index is 0.0250. The Morgan fingerprint density at radius 3 is 1.04 bits per heavy atom. The van der Waals surface area contributed by atoms with Crippen molar-refractivity contribution in [2.75, 3.05) is 192 Å². The smallest absolute Gasteiger partial charge is 0.318 e. The molecule has 29 heteroatoms. The highest BCUT2D eigenvalue weighted by Crippen LogP contribution is 2.32. The van der Waals surface area contributed by atoms with Crippen LogP contribution in [-0.2, 0) is 62.0 Å². The van der Waals surface area contributed by atoms with Crippen molar-refractivity contribution < 1.29 is 33.3 Å². The lowest BCUT2D eigenvalue weighted by Crippen LogP contribution is -2.51. The van der Waals surface area contributed by atoms with Gasteiger partial charge in [-0.25, -0.2) is 24.9 Å². The Morgan fingerprint density at radius 1 is 0.420 bits per heavy atom. The first-order valence-corrected chi connectivity index (χ1v) is 41.3. The molecule has 29 nitrogen and oxygen atoms in total. The van der Waals surface area contributed by atoms with Gasteiger partial charge in [0, 0.05) is 168 Å². The Bertz CT molecular complexity index is 3700. The van der Waals surface area contributed by atoms with Gasteiger partial charge in [-0.1, -0.05) is 145 Å². The van der Waals surface area contributed by atoms with Crippen molar-refractivity contribution in [2.24, 2.45) is 11.8 Å². The summed E-state index contributed by atoms with van der Waals surface area (Å²) in [6.45, 7) is 68.1. The largest absolute Gasteiger partial charge is 0.461 e. The molecule has 0 bridgehead atoms. The van der Waals surface area contributed by atoms with Gasteiger partial charge in [-0.15, -0.1) is 0 Å². The molecule has 0 spiro atoms. The average Bonchev–Trinajstić information content (AvgIpc) is 0.815. The highest BCUT2D eigenvalue weighted by molar-refractivity contribution is 5.78. The summed E-state index contributed by atoms with van der Waals surface area (Å²) in [5, 5.41) is 20.5. The molecule has 8 aliphatic heterocycles.